The van der Waals surface area contributed by atoms with Crippen molar-refractivity contribution in [1.29, 1.82) is 0 Å². The molecular formula is C14H25N3O. The second-order valence-corrected chi connectivity index (χ2v) is 4.27. The van der Waals surface area contributed by atoms with Crippen LogP contribution in [0.2, 0.25) is 0 Å². The SMILES string of the molecule is CC.Cc1cncc(N2CCN(CCO)CC2)c1. The number of aryl methyl sites for hydroxylation is 1. The van der Waals surface area contributed by atoms with Crippen LogP contribution in [-0.4, -0.2) is 54.3 Å². The van der Waals surface area contributed by atoms with Crippen molar-refractivity contribution in [1.82, 2.24) is 9.88 Å². The van der Waals surface area contributed by atoms with E-state index in [2.05, 4.69) is 27.8 Å². The zero-order valence-corrected chi connectivity index (χ0v) is 11.8. The molecule has 0 saturated carbocycles. The molecule has 4 heteroatoms. The second kappa shape index (κ2) is 8.06. The van der Waals surface area contributed by atoms with Crippen molar-refractivity contribution in [3.8, 4) is 0 Å². The van der Waals surface area contributed by atoms with Gasteiger partial charge in [-0.15, -0.1) is 0 Å². The third kappa shape index (κ3) is 4.27. The molecule has 2 rings (SSSR count). The van der Waals surface area contributed by atoms with Crippen LogP contribution in [-0.2, 0) is 0 Å². The van der Waals surface area contributed by atoms with Gasteiger partial charge in [-0.1, -0.05) is 13.8 Å². The maximum atomic E-state index is 8.87. The maximum Gasteiger partial charge on any atom is 0.0558 e. The van der Waals surface area contributed by atoms with E-state index in [0.29, 0.717) is 0 Å². The summed E-state index contributed by atoms with van der Waals surface area (Å²) in [4.78, 5) is 8.87. The van der Waals surface area contributed by atoms with Gasteiger partial charge in [0.2, 0.25) is 0 Å². The van der Waals surface area contributed by atoms with Gasteiger partial charge in [0.15, 0.2) is 0 Å². The number of aliphatic hydroxyl groups excluding tert-OH is 1. The second-order valence-electron chi connectivity index (χ2n) is 4.27. The molecule has 0 aromatic carbocycles. The van der Waals surface area contributed by atoms with Gasteiger partial charge < -0.3 is 10.0 Å². The summed E-state index contributed by atoms with van der Waals surface area (Å²) in [6, 6.07) is 2.18. The van der Waals surface area contributed by atoms with Crippen LogP contribution in [0.15, 0.2) is 18.5 Å². The lowest BCUT2D eigenvalue weighted by atomic mass is 10.2. The number of piperazine rings is 1. The molecule has 4 nitrogen and oxygen atoms in total. The van der Waals surface area contributed by atoms with Crippen molar-refractivity contribution in [3.05, 3.63) is 24.0 Å². The van der Waals surface area contributed by atoms with E-state index in [0.717, 1.165) is 32.7 Å². The number of pyridine rings is 1. The molecule has 0 unspecified atom stereocenters. The van der Waals surface area contributed by atoms with E-state index < -0.39 is 0 Å². The Bertz CT molecular complexity index is 336. The van der Waals surface area contributed by atoms with Crippen LogP contribution in [0.5, 0.6) is 0 Å². The first-order valence-corrected chi connectivity index (χ1v) is 6.79. The van der Waals surface area contributed by atoms with Crippen LogP contribution in [0.3, 0.4) is 0 Å². The Hall–Kier alpha value is -1.13. The number of nitrogens with zero attached hydrogens (tertiary/aromatic N) is 3. The zero-order chi connectivity index (χ0) is 13.4. The van der Waals surface area contributed by atoms with E-state index in [4.69, 9.17) is 5.11 Å². The Morgan fingerprint density at radius 2 is 1.83 bits per heavy atom. The quantitative estimate of drug-likeness (QED) is 0.884. The molecule has 1 aromatic heterocycles. The van der Waals surface area contributed by atoms with Crippen LogP contribution in [0.25, 0.3) is 0 Å². The highest BCUT2D eigenvalue weighted by molar-refractivity contribution is 5.46. The van der Waals surface area contributed by atoms with Crippen LogP contribution in [0, 0.1) is 6.92 Å². The van der Waals surface area contributed by atoms with Crippen LogP contribution in [0.1, 0.15) is 19.4 Å². The Labute approximate surface area is 110 Å². The van der Waals surface area contributed by atoms with Gasteiger partial charge in [-0.05, 0) is 18.6 Å². The normalized spacial score (nSPS) is 16.1. The van der Waals surface area contributed by atoms with Crippen molar-refractivity contribution in [3.63, 3.8) is 0 Å². The van der Waals surface area contributed by atoms with Gasteiger partial charge in [0.05, 0.1) is 18.5 Å². The number of rotatable bonds is 3. The van der Waals surface area contributed by atoms with Gasteiger partial charge in [0.1, 0.15) is 0 Å². The van der Waals surface area contributed by atoms with Gasteiger partial charge in [-0.3, -0.25) is 9.88 Å². The number of hydrogen-bond donors (Lipinski definition) is 1. The summed E-state index contributed by atoms with van der Waals surface area (Å²) in [6.45, 7) is 11.2. The summed E-state index contributed by atoms with van der Waals surface area (Å²) in [5.74, 6) is 0. The van der Waals surface area contributed by atoms with E-state index in [-0.39, 0.29) is 6.61 Å². The van der Waals surface area contributed by atoms with E-state index in [1.807, 2.05) is 26.2 Å². The van der Waals surface area contributed by atoms with Crippen LogP contribution >= 0.6 is 0 Å². The third-order valence-electron chi connectivity index (χ3n) is 3.01. The average Bonchev–Trinajstić information content (AvgIpc) is 2.42. The van der Waals surface area contributed by atoms with Crippen molar-refractivity contribution in [2.45, 2.75) is 20.8 Å². The number of β-amino-alcohol motifs (C(OH)–C–C–N with tert-alkyl or cyclic N) is 1. The molecule has 1 aliphatic heterocycles. The predicted molar refractivity (Wildman–Crippen MR) is 76.1 cm³/mol. The molecule has 0 atom stereocenters. The van der Waals surface area contributed by atoms with E-state index in [9.17, 15) is 0 Å². The Morgan fingerprint density at radius 3 is 2.39 bits per heavy atom. The van der Waals surface area contributed by atoms with Gasteiger partial charge in [-0.25, -0.2) is 0 Å². The maximum absolute atomic E-state index is 8.87. The summed E-state index contributed by atoms with van der Waals surface area (Å²) < 4.78 is 0. The number of aromatic nitrogens is 1. The fourth-order valence-corrected chi connectivity index (χ4v) is 2.08. The lowest BCUT2D eigenvalue weighted by Gasteiger charge is -2.35. The van der Waals surface area contributed by atoms with Gasteiger partial charge >= 0.3 is 0 Å². The molecule has 0 aliphatic carbocycles. The molecule has 1 N–H and O–H groups in total. The molecule has 0 bridgehead atoms. The highest BCUT2D eigenvalue weighted by Crippen LogP contribution is 2.16. The highest BCUT2D eigenvalue weighted by atomic mass is 16.3. The predicted octanol–water partition coefficient (Wildman–Crippen LogP) is 1.53. The van der Waals surface area contributed by atoms with E-state index in [1.54, 1.807) is 0 Å². The number of hydrogen-bond acceptors (Lipinski definition) is 4. The van der Waals surface area contributed by atoms with E-state index >= 15 is 0 Å². The minimum absolute atomic E-state index is 0.256. The van der Waals surface area contributed by atoms with E-state index in [1.165, 1.54) is 11.3 Å². The topological polar surface area (TPSA) is 39.6 Å². The lowest BCUT2D eigenvalue weighted by molar-refractivity contribution is 0.189. The fraction of sp³-hybridized carbons (Fsp3) is 0.643. The molecular weight excluding hydrogens is 226 g/mol. The van der Waals surface area contributed by atoms with Crippen LogP contribution < -0.4 is 4.90 Å². The summed E-state index contributed by atoms with van der Waals surface area (Å²) in [6.07, 6.45) is 3.81. The zero-order valence-electron chi connectivity index (χ0n) is 11.8. The molecule has 1 aromatic rings. The Balaban J connectivity index is 0.000000771. The molecule has 1 aliphatic rings. The molecule has 0 spiro atoms. The third-order valence-corrected chi connectivity index (χ3v) is 3.01. The smallest absolute Gasteiger partial charge is 0.0558 e. The average molecular weight is 251 g/mol. The summed E-state index contributed by atoms with van der Waals surface area (Å²) >= 11 is 0. The standard InChI is InChI=1S/C12H19N3O.C2H6/c1-11-8-12(10-13-9-11)15-4-2-14(3-5-15)6-7-16;1-2/h8-10,16H,2-7H2,1H3;1-2H3. The van der Waals surface area contributed by atoms with Crippen LogP contribution in [0.4, 0.5) is 5.69 Å². The highest BCUT2D eigenvalue weighted by Gasteiger charge is 2.16. The first kappa shape index (κ1) is 14.9. The molecule has 102 valence electrons. The lowest BCUT2D eigenvalue weighted by Crippen LogP contribution is -2.47. The van der Waals surface area contributed by atoms with Gasteiger partial charge in [-0.2, -0.15) is 0 Å². The minimum atomic E-state index is 0.256. The Morgan fingerprint density at radius 1 is 1.17 bits per heavy atom. The molecule has 0 radical (unpaired) electrons. The van der Waals surface area contributed by atoms with Crippen molar-refractivity contribution in [2.75, 3.05) is 44.2 Å². The number of anilines is 1. The summed E-state index contributed by atoms with van der Waals surface area (Å²) in [5, 5.41) is 8.87. The monoisotopic (exact) mass is 251 g/mol. The first-order chi connectivity index (χ1) is 8.79. The molecule has 1 fully saturated rings. The molecule has 1 saturated heterocycles. The first-order valence-electron chi connectivity index (χ1n) is 6.79. The summed E-state index contributed by atoms with van der Waals surface area (Å²) in [5.41, 5.74) is 2.42. The molecule has 2 heterocycles. The van der Waals surface area contributed by atoms with Gasteiger partial charge in [0.25, 0.3) is 0 Å². The number of aliphatic hydroxyl groups is 1. The van der Waals surface area contributed by atoms with Crippen molar-refractivity contribution >= 4 is 5.69 Å². The van der Waals surface area contributed by atoms with Crippen molar-refractivity contribution < 1.29 is 5.11 Å². The summed E-state index contributed by atoms with van der Waals surface area (Å²) in [7, 11) is 0. The fourth-order valence-electron chi connectivity index (χ4n) is 2.08. The minimum Gasteiger partial charge on any atom is -0.395 e. The Kier molecular flexibility index (Phi) is 6.68. The van der Waals surface area contributed by atoms with Crippen molar-refractivity contribution in [2.24, 2.45) is 0 Å². The largest absolute Gasteiger partial charge is 0.395 e. The molecule has 18 heavy (non-hydrogen) atoms. The van der Waals surface area contributed by atoms with Gasteiger partial charge in [0, 0.05) is 38.9 Å². The molecule has 0 amide bonds.